The molecule has 0 saturated heterocycles. The molecule has 1 aliphatic heterocycles. The summed E-state index contributed by atoms with van der Waals surface area (Å²) in [5, 5.41) is 17.9. The molecule has 1 aliphatic rings. The van der Waals surface area contributed by atoms with Gasteiger partial charge in [0.15, 0.2) is 0 Å². The summed E-state index contributed by atoms with van der Waals surface area (Å²) in [4.78, 5) is 40.9. The fourth-order valence-corrected chi connectivity index (χ4v) is 3.62. The molecule has 2 amide bonds. The molecule has 1 heterocycles. The van der Waals surface area contributed by atoms with Gasteiger partial charge in [0, 0.05) is 11.5 Å². The molecule has 0 aliphatic carbocycles. The highest BCUT2D eigenvalue weighted by molar-refractivity contribution is 7.89. The lowest BCUT2D eigenvalue weighted by Crippen LogP contribution is -2.42. The number of carbonyl (C=O) groups is 2. The molecule has 3 aromatic carbocycles. The van der Waals surface area contributed by atoms with Crippen LogP contribution in [0.1, 0.15) is 20.7 Å². The van der Waals surface area contributed by atoms with E-state index < -0.39 is 43.1 Å². The molecule has 0 unspecified atom stereocenters. The second-order valence-corrected chi connectivity index (χ2v) is 7.70. The first-order valence-corrected chi connectivity index (χ1v) is 9.63. The number of nitro benzene ring substituents is 1. The highest BCUT2D eigenvalue weighted by Crippen LogP contribution is 2.34. The van der Waals surface area contributed by atoms with Crippen LogP contribution in [0.15, 0.2) is 59.5 Å². The molecule has 29 heavy (non-hydrogen) atoms. The van der Waals surface area contributed by atoms with Crippen molar-refractivity contribution in [1.29, 1.82) is 0 Å². The SMILES string of the molecule is NS(=O)(=O)c1ccc(ON2C(=O)c3cccc4cccc(c34)C2=O)c([N+](=O)[O-])c1. The number of nitro groups is 1. The van der Waals surface area contributed by atoms with Crippen molar-refractivity contribution >= 4 is 38.3 Å². The van der Waals surface area contributed by atoms with E-state index in [0.29, 0.717) is 21.9 Å². The molecule has 0 aromatic heterocycles. The molecule has 0 fully saturated rings. The summed E-state index contributed by atoms with van der Waals surface area (Å²) in [5.41, 5.74) is -0.378. The Bertz CT molecular complexity index is 1280. The number of nitrogens with two attached hydrogens (primary N) is 1. The Morgan fingerprint density at radius 2 is 1.55 bits per heavy atom. The first-order chi connectivity index (χ1) is 13.7. The molecule has 0 atom stereocenters. The molecule has 146 valence electrons. The smallest absolute Gasteiger partial charge is 0.315 e. The largest absolute Gasteiger partial charge is 0.361 e. The van der Waals surface area contributed by atoms with Crippen molar-refractivity contribution in [2.24, 2.45) is 5.14 Å². The van der Waals surface area contributed by atoms with Crippen LogP contribution in [0.25, 0.3) is 10.8 Å². The molecule has 4 rings (SSSR count). The molecule has 3 aromatic rings. The molecule has 11 heteroatoms. The highest BCUT2D eigenvalue weighted by atomic mass is 32.2. The zero-order valence-corrected chi connectivity index (χ0v) is 15.3. The van der Waals surface area contributed by atoms with Gasteiger partial charge in [-0.1, -0.05) is 29.3 Å². The van der Waals surface area contributed by atoms with Gasteiger partial charge in [0.1, 0.15) is 0 Å². The Hall–Kier alpha value is -3.83. The van der Waals surface area contributed by atoms with Crippen LogP contribution in [0.4, 0.5) is 5.69 Å². The molecule has 0 radical (unpaired) electrons. The van der Waals surface area contributed by atoms with Gasteiger partial charge in [0.25, 0.3) is 11.8 Å². The Balaban J connectivity index is 1.81. The predicted octanol–water partition coefficient (Wildman–Crippen LogP) is 1.99. The summed E-state index contributed by atoms with van der Waals surface area (Å²) >= 11 is 0. The van der Waals surface area contributed by atoms with E-state index in [4.69, 9.17) is 9.98 Å². The van der Waals surface area contributed by atoms with Gasteiger partial charge in [0.2, 0.25) is 15.8 Å². The summed E-state index contributed by atoms with van der Waals surface area (Å²) < 4.78 is 22.9. The van der Waals surface area contributed by atoms with Gasteiger partial charge in [-0.15, -0.1) is 0 Å². The second-order valence-electron chi connectivity index (χ2n) is 6.14. The number of carbonyl (C=O) groups excluding carboxylic acids is 2. The third kappa shape index (κ3) is 2.98. The average Bonchev–Trinajstić information content (AvgIpc) is 2.68. The summed E-state index contributed by atoms with van der Waals surface area (Å²) in [6, 6.07) is 12.4. The third-order valence-corrected chi connectivity index (χ3v) is 5.29. The Kier molecular flexibility index (Phi) is 4.06. The highest BCUT2D eigenvalue weighted by Gasteiger charge is 2.36. The van der Waals surface area contributed by atoms with Crippen LogP contribution >= 0.6 is 0 Å². The molecule has 10 nitrogen and oxygen atoms in total. The van der Waals surface area contributed by atoms with Gasteiger partial charge < -0.3 is 4.84 Å². The minimum absolute atomic E-state index is 0.196. The van der Waals surface area contributed by atoms with Crippen LogP contribution in [0.5, 0.6) is 5.75 Å². The Labute approximate surface area is 163 Å². The maximum atomic E-state index is 12.8. The fourth-order valence-electron chi connectivity index (χ4n) is 3.08. The molecule has 2 N–H and O–H groups in total. The van der Waals surface area contributed by atoms with E-state index in [-0.39, 0.29) is 11.1 Å². The van der Waals surface area contributed by atoms with Gasteiger partial charge in [0.05, 0.1) is 20.9 Å². The van der Waals surface area contributed by atoms with Gasteiger partial charge in [-0.3, -0.25) is 19.7 Å². The summed E-state index contributed by atoms with van der Waals surface area (Å²) in [5.74, 6) is -2.09. The van der Waals surface area contributed by atoms with Gasteiger partial charge in [-0.25, -0.2) is 13.6 Å². The monoisotopic (exact) mass is 413 g/mol. The zero-order chi connectivity index (χ0) is 20.9. The van der Waals surface area contributed by atoms with E-state index in [1.165, 1.54) is 12.1 Å². The van der Waals surface area contributed by atoms with Gasteiger partial charge in [-0.2, -0.15) is 0 Å². The number of nitrogens with zero attached hydrogens (tertiary/aromatic N) is 2. The second kappa shape index (κ2) is 6.36. The number of rotatable bonds is 4. The molecular formula is C18H11N3O7S. The lowest BCUT2D eigenvalue weighted by atomic mass is 9.95. The van der Waals surface area contributed by atoms with Gasteiger partial charge >= 0.3 is 5.69 Å². The van der Waals surface area contributed by atoms with E-state index in [2.05, 4.69) is 0 Å². The van der Waals surface area contributed by atoms with E-state index >= 15 is 0 Å². The van der Waals surface area contributed by atoms with Crippen molar-refractivity contribution in [2.45, 2.75) is 4.90 Å². The lowest BCUT2D eigenvalue weighted by molar-refractivity contribution is -0.386. The number of hydroxylamine groups is 2. The summed E-state index contributed by atoms with van der Waals surface area (Å²) in [6.07, 6.45) is 0. The standard InChI is InChI=1S/C18H11N3O7S/c19-29(26,27)11-7-8-15(14(9-11)21(24)25)28-20-17(22)12-5-1-3-10-4-2-6-13(16(10)12)18(20)23/h1-9H,(H2,19,26,27). The van der Waals surface area contributed by atoms with Crippen molar-refractivity contribution in [2.75, 3.05) is 0 Å². The van der Waals surface area contributed by atoms with Crippen LogP contribution in [0.2, 0.25) is 0 Å². The fraction of sp³-hybridized carbons (Fsp3) is 0. The molecule has 0 bridgehead atoms. The number of hydrogen-bond donors (Lipinski definition) is 1. The van der Waals surface area contributed by atoms with Crippen LogP contribution in [0.3, 0.4) is 0 Å². The lowest BCUT2D eigenvalue weighted by Gasteiger charge is -2.26. The predicted molar refractivity (Wildman–Crippen MR) is 99.5 cm³/mol. The Morgan fingerprint density at radius 3 is 2.07 bits per heavy atom. The van der Waals surface area contributed by atoms with Crippen molar-refractivity contribution in [3.63, 3.8) is 0 Å². The number of imide groups is 1. The Morgan fingerprint density at radius 1 is 0.966 bits per heavy atom. The van der Waals surface area contributed by atoms with E-state index in [9.17, 15) is 28.1 Å². The first kappa shape index (κ1) is 18.5. The number of benzene rings is 3. The minimum Gasteiger partial charge on any atom is -0.361 e. The number of primary sulfonamides is 1. The molecule has 0 saturated carbocycles. The van der Waals surface area contributed by atoms with Crippen molar-refractivity contribution in [3.8, 4) is 5.75 Å². The number of hydrogen-bond acceptors (Lipinski definition) is 7. The minimum atomic E-state index is -4.20. The normalized spacial score (nSPS) is 13.6. The van der Waals surface area contributed by atoms with Crippen molar-refractivity contribution < 1.29 is 27.8 Å². The van der Waals surface area contributed by atoms with Crippen LogP contribution < -0.4 is 9.98 Å². The van der Waals surface area contributed by atoms with E-state index in [1.807, 2.05) is 0 Å². The summed E-state index contributed by atoms with van der Waals surface area (Å²) in [7, 11) is -4.20. The molecular weight excluding hydrogens is 402 g/mol. The summed E-state index contributed by atoms with van der Waals surface area (Å²) in [6.45, 7) is 0. The number of amides is 2. The van der Waals surface area contributed by atoms with Crippen molar-refractivity contribution in [3.05, 3.63) is 75.8 Å². The average molecular weight is 413 g/mol. The van der Waals surface area contributed by atoms with E-state index in [1.54, 1.807) is 24.3 Å². The third-order valence-electron chi connectivity index (χ3n) is 4.38. The quantitative estimate of drug-likeness (QED) is 0.390. The molecule has 0 spiro atoms. The van der Waals surface area contributed by atoms with E-state index in [0.717, 1.165) is 12.1 Å². The van der Waals surface area contributed by atoms with Crippen LogP contribution in [-0.2, 0) is 10.0 Å². The number of sulfonamides is 1. The van der Waals surface area contributed by atoms with Gasteiger partial charge in [-0.05, 0) is 29.7 Å². The van der Waals surface area contributed by atoms with Crippen LogP contribution in [-0.4, -0.2) is 30.2 Å². The maximum absolute atomic E-state index is 12.8. The zero-order valence-electron chi connectivity index (χ0n) is 14.4. The first-order valence-electron chi connectivity index (χ1n) is 8.08. The topological polar surface area (TPSA) is 150 Å². The van der Waals surface area contributed by atoms with Crippen molar-refractivity contribution in [1.82, 2.24) is 5.06 Å². The maximum Gasteiger partial charge on any atom is 0.315 e. The van der Waals surface area contributed by atoms with Crippen LogP contribution in [0, 0.1) is 10.1 Å².